The van der Waals surface area contributed by atoms with Gasteiger partial charge in [-0.05, 0) is 6.92 Å². The Morgan fingerprint density at radius 2 is 2.14 bits per heavy atom. The van der Waals surface area contributed by atoms with Crippen molar-refractivity contribution in [1.82, 2.24) is 5.32 Å². The molecule has 80 valence electrons. The number of esters is 1. The van der Waals surface area contributed by atoms with Crippen molar-refractivity contribution in [3.8, 4) is 0 Å². The van der Waals surface area contributed by atoms with Gasteiger partial charge in [-0.2, -0.15) is 0 Å². The molecule has 0 unspecified atom stereocenters. The summed E-state index contributed by atoms with van der Waals surface area (Å²) in [7, 11) is 0. The van der Waals surface area contributed by atoms with Crippen molar-refractivity contribution in [1.29, 1.82) is 0 Å². The van der Waals surface area contributed by atoms with E-state index < -0.39 is 23.3 Å². The molecule has 0 fully saturated rings. The first-order valence-corrected chi connectivity index (χ1v) is 4.10. The minimum Gasteiger partial charge on any atom is -0.466 e. The largest absolute Gasteiger partial charge is 0.466 e. The second-order valence-corrected chi connectivity index (χ2v) is 2.40. The van der Waals surface area contributed by atoms with E-state index >= 15 is 0 Å². The molecular weight excluding hydrogens is 192 g/mol. The minimum absolute atomic E-state index is 0.0251. The Labute approximate surface area is 80.6 Å². The molecule has 0 aromatic heterocycles. The maximum Gasteiger partial charge on any atom is 0.307 e. The lowest BCUT2D eigenvalue weighted by Crippen LogP contribution is -2.31. The van der Waals surface area contributed by atoms with Crippen LogP contribution in [0.4, 0.5) is 0 Å². The molecule has 0 aromatic rings. The molecule has 0 aliphatic carbocycles. The van der Waals surface area contributed by atoms with E-state index in [9.17, 15) is 19.7 Å². The average molecular weight is 204 g/mol. The van der Waals surface area contributed by atoms with Gasteiger partial charge in [-0.3, -0.25) is 19.7 Å². The third kappa shape index (κ3) is 7.01. The van der Waals surface area contributed by atoms with E-state index in [1.807, 2.05) is 0 Å². The number of hydrogen-bond acceptors (Lipinski definition) is 5. The van der Waals surface area contributed by atoms with Crippen molar-refractivity contribution >= 4 is 11.9 Å². The van der Waals surface area contributed by atoms with Crippen LogP contribution in [0, 0.1) is 10.1 Å². The quantitative estimate of drug-likeness (QED) is 0.351. The van der Waals surface area contributed by atoms with Gasteiger partial charge in [-0.15, -0.1) is 0 Å². The normalized spacial score (nSPS) is 9.21. The van der Waals surface area contributed by atoms with Crippen LogP contribution in [0.25, 0.3) is 0 Å². The summed E-state index contributed by atoms with van der Waals surface area (Å²) in [6.07, 6.45) is 0.0251. The van der Waals surface area contributed by atoms with Crippen LogP contribution >= 0.6 is 0 Å². The number of carbonyl (C=O) groups excluding carboxylic acids is 2. The van der Waals surface area contributed by atoms with Gasteiger partial charge in [0.25, 0.3) is 12.5 Å². The molecule has 0 aliphatic heterocycles. The molecule has 0 aliphatic rings. The van der Waals surface area contributed by atoms with Gasteiger partial charge in [0, 0.05) is 11.5 Å². The molecule has 0 rings (SSSR count). The number of ether oxygens (including phenoxy) is 1. The lowest BCUT2D eigenvalue weighted by molar-refractivity contribution is -0.467. The van der Waals surface area contributed by atoms with Gasteiger partial charge in [0.05, 0.1) is 13.0 Å². The molecule has 0 saturated carbocycles. The summed E-state index contributed by atoms with van der Waals surface area (Å²) in [5.74, 6) is -1.15. The predicted octanol–water partition coefficient (Wildman–Crippen LogP) is -0.667. The van der Waals surface area contributed by atoms with Crippen molar-refractivity contribution in [2.24, 2.45) is 0 Å². The monoisotopic (exact) mass is 204 g/mol. The fraction of sp³-hybridized carbons (Fsp3) is 0.714. The third-order valence-electron chi connectivity index (χ3n) is 1.23. The third-order valence-corrected chi connectivity index (χ3v) is 1.23. The summed E-state index contributed by atoms with van der Waals surface area (Å²) in [5.41, 5.74) is 0. The Morgan fingerprint density at radius 3 is 2.64 bits per heavy atom. The number of nitrogens with zero attached hydrogens (tertiary/aromatic N) is 1. The SMILES string of the molecule is CCOC(=O)CCNC(=O)C[N+](=O)[O-]. The molecule has 7 nitrogen and oxygen atoms in total. The Hall–Kier alpha value is -1.66. The molecule has 0 bridgehead atoms. The topological polar surface area (TPSA) is 98.5 Å². The Bertz CT molecular complexity index is 228. The number of rotatable bonds is 6. The van der Waals surface area contributed by atoms with Gasteiger partial charge in [0.1, 0.15) is 0 Å². The Morgan fingerprint density at radius 1 is 1.50 bits per heavy atom. The molecular formula is C7H12N2O5. The van der Waals surface area contributed by atoms with Crippen LogP contribution in [0.2, 0.25) is 0 Å². The number of hydrogen-bond donors (Lipinski definition) is 1. The molecule has 0 saturated heterocycles. The average Bonchev–Trinajstić information content (AvgIpc) is 2.02. The molecule has 0 radical (unpaired) electrons. The van der Waals surface area contributed by atoms with Crippen molar-refractivity contribution in [3.63, 3.8) is 0 Å². The van der Waals surface area contributed by atoms with E-state index in [0.717, 1.165) is 0 Å². The number of amides is 1. The summed E-state index contributed by atoms with van der Waals surface area (Å²) in [4.78, 5) is 30.6. The fourth-order valence-corrected chi connectivity index (χ4v) is 0.710. The van der Waals surface area contributed by atoms with Gasteiger partial charge in [-0.25, -0.2) is 0 Å². The van der Waals surface area contributed by atoms with Gasteiger partial charge >= 0.3 is 5.97 Å². The first-order chi connectivity index (χ1) is 6.56. The van der Waals surface area contributed by atoms with Crippen molar-refractivity contribution in [3.05, 3.63) is 10.1 Å². The maximum absolute atomic E-state index is 10.7. The summed E-state index contributed by atoms with van der Waals surface area (Å²) in [5, 5.41) is 12.1. The maximum atomic E-state index is 10.7. The van der Waals surface area contributed by atoms with Crippen LogP contribution in [0.15, 0.2) is 0 Å². The van der Waals surface area contributed by atoms with E-state index in [1.165, 1.54) is 0 Å². The number of nitrogens with one attached hydrogen (secondary N) is 1. The Balaban J connectivity index is 3.49. The second kappa shape index (κ2) is 6.81. The van der Waals surface area contributed by atoms with Crippen LogP contribution in [0.5, 0.6) is 0 Å². The summed E-state index contributed by atoms with van der Waals surface area (Å²) in [6.45, 7) is 1.24. The molecule has 0 spiro atoms. The lowest BCUT2D eigenvalue weighted by Gasteiger charge is -2.02. The van der Waals surface area contributed by atoms with Crippen molar-refractivity contribution in [2.75, 3.05) is 19.7 Å². The van der Waals surface area contributed by atoms with Gasteiger partial charge in [0.15, 0.2) is 0 Å². The summed E-state index contributed by atoms with van der Waals surface area (Å²) >= 11 is 0. The second-order valence-electron chi connectivity index (χ2n) is 2.40. The molecule has 0 aromatic carbocycles. The highest BCUT2D eigenvalue weighted by Gasteiger charge is 2.09. The van der Waals surface area contributed by atoms with E-state index in [2.05, 4.69) is 10.1 Å². The molecule has 1 amide bonds. The molecule has 1 N–H and O–H groups in total. The summed E-state index contributed by atoms with van der Waals surface area (Å²) in [6, 6.07) is 0. The zero-order chi connectivity index (χ0) is 11.0. The molecule has 0 heterocycles. The first kappa shape index (κ1) is 12.3. The van der Waals surface area contributed by atoms with Gasteiger partial charge in [0.2, 0.25) is 0 Å². The van der Waals surface area contributed by atoms with Crippen molar-refractivity contribution < 1.29 is 19.2 Å². The lowest BCUT2D eigenvalue weighted by atomic mass is 10.4. The van der Waals surface area contributed by atoms with E-state index in [4.69, 9.17) is 0 Å². The van der Waals surface area contributed by atoms with E-state index in [0.29, 0.717) is 0 Å². The van der Waals surface area contributed by atoms with Crippen LogP contribution in [0.1, 0.15) is 13.3 Å². The fourth-order valence-electron chi connectivity index (χ4n) is 0.710. The van der Waals surface area contributed by atoms with Crippen LogP contribution < -0.4 is 5.32 Å². The minimum atomic E-state index is -0.775. The highest BCUT2D eigenvalue weighted by molar-refractivity contribution is 5.77. The molecule has 0 atom stereocenters. The van der Waals surface area contributed by atoms with Crippen LogP contribution in [-0.2, 0) is 14.3 Å². The van der Waals surface area contributed by atoms with Gasteiger partial charge < -0.3 is 10.1 Å². The van der Waals surface area contributed by atoms with Crippen LogP contribution in [-0.4, -0.2) is 36.5 Å². The first-order valence-electron chi connectivity index (χ1n) is 4.10. The standard InChI is InChI=1S/C7H12N2O5/c1-2-14-7(11)3-4-8-6(10)5-9(12)13/h2-5H2,1H3,(H,8,10). The van der Waals surface area contributed by atoms with Crippen LogP contribution in [0.3, 0.4) is 0 Å². The van der Waals surface area contributed by atoms with Crippen molar-refractivity contribution in [2.45, 2.75) is 13.3 Å². The van der Waals surface area contributed by atoms with E-state index in [1.54, 1.807) is 6.92 Å². The zero-order valence-corrected chi connectivity index (χ0v) is 7.82. The highest BCUT2D eigenvalue weighted by Crippen LogP contribution is 1.84. The highest BCUT2D eigenvalue weighted by atomic mass is 16.6. The molecule has 7 heteroatoms. The predicted molar refractivity (Wildman–Crippen MR) is 46.1 cm³/mol. The Kier molecular flexibility index (Phi) is 6.01. The smallest absolute Gasteiger partial charge is 0.307 e. The number of carbonyl (C=O) groups is 2. The molecule has 14 heavy (non-hydrogen) atoms. The zero-order valence-electron chi connectivity index (χ0n) is 7.82. The summed E-state index contributed by atoms with van der Waals surface area (Å²) < 4.78 is 4.58. The van der Waals surface area contributed by atoms with Gasteiger partial charge in [-0.1, -0.05) is 0 Å². The number of nitro groups is 1. The van der Waals surface area contributed by atoms with E-state index in [-0.39, 0.29) is 19.6 Å².